The summed E-state index contributed by atoms with van der Waals surface area (Å²) in [4.78, 5) is 26.1. The Balaban J connectivity index is 2.67. The minimum Gasteiger partial charge on any atom is -0.465 e. The molecular formula is C11H10N2O3. The minimum absolute atomic E-state index is 0.171. The van der Waals surface area contributed by atoms with E-state index in [4.69, 9.17) is 0 Å². The Bertz CT molecular complexity index is 545. The van der Waals surface area contributed by atoms with E-state index in [1.165, 1.54) is 13.4 Å². The summed E-state index contributed by atoms with van der Waals surface area (Å²) in [5.41, 5.74) is 1.71. The van der Waals surface area contributed by atoms with E-state index in [1.54, 1.807) is 22.8 Å². The Morgan fingerprint density at radius 1 is 1.56 bits per heavy atom. The molecule has 2 aromatic rings. The summed E-state index contributed by atoms with van der Waals surface area (Å²) < 4.78 is 6.30. The van der Waals surface area contributed by atoms with E-state index >= 15 is 0 Å². The number of carbonyl (C=O) groups excluding carboxylic acids is 2. The molecule has 5 nitrogen and oxygen atoms in total. The second-order valence-corrected chi connectivity index (χ2v) is 3.23. The summed E-state index contributed by atoms with van der Waals surface area (Å²) >= 11 is 0. The molecule has 0 atom stereocenters. The van der Waals surface area contributed by atoms with Crippen LogP contribution in [0.1, 0.15) is 10.4 Å². The number of nitrogens with zero attached hydrogens (tertiary/aromatic N) is 2. The standard InChI is InChI=1S/C11H10N2O3/c1-16-11(15)8-3-2-4-9-10(8)13(5-6-14)7-12-9/h2-4,6-7H,5H2,1H3. The van der Waals surface area contributed by atoms with Gasteiger partial charge in [-0.15, -0.1) is 0 Å². The maximum absolute atomic E-state index is 11.5. The van der Waals surface area contributed by atoms with E-state index in [9.17, 15) is 9.59 Å². The summed E-state index contributed by atoms with van der Waals surface area (Å²) in [5, 5.41) is 0. The van der Waals surface area contributed by atoms with Crippen molar-refractivity contribution >= 4 is 23.3 Å². The molecule has 0 aliphatic rings. The number of ether oxygens (including phenoxy) is 1. The topological polar surface area (TPSA) is 61.2 Å². The molecule has 0 saturated carbocycles. The molecule has 0 unspecified atom stereocenters. The van der Waals surface area contributed by atoms with Crippen LogP contribution in [0.3, 0.4) is 0 Å². The van der Waals surface area contributed by atoms with Gasteiger partial charge in [0.2, 0.25) is 0 Å². The van der Waals surface area contributed by atoms with Gasteiger partial charge in [0.15, 0.2) is 0 Å². The Labute approximate surface area is 91.6 Å². The Kier molecular flexibility index (Phi) is 2.68. The maximum atomic E-state index is 11.5. The zero-order valence-corrected chi connectivity index (χ0v) is 8.71. The third-order valence-electron chi connectivity index (χ3n) is 2.31. The van der Waals surface area contributed by atoms with Gasteiger partial charge in [0.05, 0.1) is 36.6 Å². The molecule has 1 heterocycles. The number of esters is 1. The van der Waals surface area contributed by atoms with E-state index in [-0.39, 0.29) is 6.54 Å². The van der Waals surface area contributed by atoms with Crippen molar-refractivity contribution in [3.8, 4) is 0 Å². The lowest BCUT2D eigenvalue weighted by molar-refractivity contribution is -0.108. The number of hydrogen-bond acceptors (Lipinski definition) is 4. The van der Waals surface area contributed by atoms with Crippen molar-refractivity contribution in [2.24, 2.45) is 0 Å². The van der Waals surface area contributed by atoms with Crippen LogP contribution in [-0.4, -0.2) is 28.9 Å². The predicted octanol–water partition coefficient (Wildman–Crippen LogP) is 1.02. The van der Waals surface area contributed by atoms with Crippen LogP contribution in [0.4, 0.5) is 0 Å². The van der Waals surface area contributed by atoms with Gasteiger partial charge in [-0.2, -0.15) is 0 Å². The van der Waals surface area contributed by atoms with Gasteiger partial charge in [-0.1, -0.05) is 6.07 Å². The highest BCUT2D eigenvalue weighted by atomic mass is 16.5. The molecule has 5 heteroatoms. The molecular weight excluding hydrogens is 208 g/mol. The van der Waals surface area contributed by atoms with Crippen LogP contribution >= 0.6 is 0 Å². The fourth-order valence-corrected chi connectivity index (χ4v) is 1.62. The molecule has 0 aliphatic carbocycles. The van der Waals surface area contributed by atoms with Gasteiger partial charge in [0, 0.05) is 0 Å². The van der Waals surface area contributed by atoms with Gasteiger partial charge in [-0.3, -0.25) is 0 Å². The molecule has 0 amide bonds. The van der Waals surface area contributed by atoms with Gasteiger partial charge in [0.25, 0.3) is 0 Å². The number of benzene rings is 1. The van der Waals surface area contributed by atoms with Crippen molar-refractivity contribution in [1.82, 2.24) is 9.55 Å². The maximum Gasteiger partial charge on any atom is 0.340 e. The van der Waals surface area contributed by atoms with Crippen LogP contribution in [-0.2, 0) is 16.1 Å². The molecule has 0 saturated heterocycles. The molecule has 16 heavy (non-hydrogen) atoms. The number of methoxy groups -OCH3 is 1. The fourth-order valence-electron chi connectivity index (χ4n) is 1.62. The monoisotopic (exact) mass is 218 g/mol. The second kappa shape index (κ2) is 4.14. The van der Waals surface area contributed by atoms with Crippen LogP contribution in [0.5, 0.6) is 0 Å². The summed E-state index contributed by atoms with van der Waals surface area (Å²) in [6, 6.07) is 5.16. The Hall–Kier alpha value is -2.17. The van der Waals surface area contributed by atoms with Crippen molar-refractivity contribution in [2.75, 3.05) is 7.11 Å². The smallest absolute Gasteiger partial charge is 0.340 e. The largest absolute Gasteiger partial charge is 0.465 e. The first-order chi connectivity index (χ1) is 7.77. The normalized spacial score (nSPS) is 10.3. The molecule has 1 aromatic carbocycles. The number of hydrogen-bond donors (Lipinski definition) is 0. The third-order valence-corrected chi connectivity index (χ3v) is 2.31. The average Bonchev–Trinajstić information content (AvgIpc) is 2.72. The van der Waals surface area contributed by atoms with E-state index in [0.29, 0.717) is 16.6 Å². The van der Waals surface area contributed by atoms with Crippen LogP contribution < -0.4 is 0 Å². The Morgan fingerprint density at radius 2 is 2.38 bits per heavy atom. The first kappa shape index (κ1) is 10.4. The molecule has 0 N–H and O–H groups in total. The first-order valence-electron chi connectivity index (χ1n) is 4.73. The molecule has 2 rings (SSSR count). The number of para-hydroxylation sites is 1. The van der Waals surface area contributed by atoms with Gasteiger partial charge in [-0.05, 0) is 12.1 Å². The number of imidazole rings is 1. The number of carbonyl (C=O) groups is 2. The molecule has 0 bridgehead atoms. The molecule has 0 aliphatic heterocycles. The number of rotatable bonds is 3. The lowest BCUT2D eigenvalue weighted by Gasteiger charge is -2.04. The van der Waals surface area contributed by atoms with E-state index in [0.717, 1.165) is 6.29 Å². The zero-order valence-electron chi connectivity index (χ0n) is 8.71. The van der Waals surface area contributed by atoms with Crippen LogP contribution in [0, 0.1) is 0 Å². The van der Waals surface area contributed by atoms with Gasteiger partial charge in [-0.25, -0.2) is 9.78 Å². The molecule has 0 spiro atoms. The van der Waals surface area contributed by atoms with E-state index < -0.39 is 5.97 Å². The fraction of sp³-hybridized carbons (Fsp3) is 0.182. The van der Waals surface area contributed by atoms with E-state index in [1.807, 2.05) is 0 Å². The van der Waals surface area contributed by atoms with Crippen molar-refractivity contribution in [3.63, 3.8) is 0 Å². The zero-order chi connectivity index (χ0) is 11.5. The van der Waals surface area contributed by atoms with E-state index in [2.05, 4.69) is 9.72 Å². The third kappa shape index (κ3) is 1.56. The number of aromatic nitrogens is 2. The van der Waals surface area contributed by atoms with Gasteiger partial charge < -0.3 is 14.1 Å². The van der Waals surface area contributed by atoms with Gasteiger partial charge in [0.1, 0.15) is 6.29 Å². The quantitative estimate of drug-likeness (QED) is 0.570. The van der Waals surface area contributed by atoms with Gasteiger partial charge >= 0.3 is 5.97 Å². The van der Waals surface area contributed by atoms with Crippen molar-refractivity contribution < 1.29 is 14.3 Å². The second-order valence-electron chi connectivity index (χ2n) is 3.23. The van der Waals surface area contributed by atoms with Crippen molar-refractivity contribution in [3.05, 3.63) is 30.1 Å². The minimum atomic E-state index is -0.432. The summed E-state index contributed by atoms with van der Waals surface area (Å²) in [5.74, 6) is -0.432. The SMILES string of the molecule is COC(=O)c1cccc2ncn(CC=O)c12. The van der Waals surface area contributed by atoms with Crippen LogP contribution in [0.25, 0.3) is 11.0 Å². The lowest BCUT2D eigenvalue weighted by atomic mass is 10.2. The highest BCUT2D eigenvalue weighted by Crippen LogP contribution is 2.18. The average molecular weight is 218 g/mol. The Morgan fingerprint density at radius 3 is 3.06 bits per heavy atom. The highest BCUT2D eigenvalue weighted by molar-refractivity contribution is 6.02. The van der Waals surface area contributed by atoms with Crippen LogP contribution in [0.15, 0.2) is 24.5 Å². The van der Waals surface area contributed by atoms with Crippen molar-refractivity contribution in [2.45, 2.75) is 6.54 Å². The van der Waals surface area contributed by atoms with Crippen molar-refractivity contribution in [1.29, 1.82) is 0 Å². The molecule has 82 valence electrons. The number of aldehydes is 1. The molecule has 0 fully saturated rings. The highest BCUT2D eigenvalue weighted by Gasteiger charge is 2.14. The lowest BCUT2D eigenvalue weighted by Crippen LogP contribution is -2.06. The summed E-state index contributed by atoms with van der Waals surface area (Å²) in [7, 11) is 1.32. The first-order valence-corrected chi connectivity index (χ1v) is 4.73. The number of fused-ring (bicyclic) bond motifs is 1. The summed E-state index contributed by atoms with van der Waals surface area (Å²) in [6.45, 7) is 0.171. The molecule has 0 radical (unpaired) electrons. The molecule has 1 aromatic heterocycles. The predicted molar refractivity (Wildman–Crippen MR) is 57.1 cm³/mol. The van der Waals surface area contributed by atoms with Crippen LogP contribution in [0.2, 0.25) is 0 Å². The summed E-state index contributed by atoms with van der Waals surface area (Å²) in [6.07, 6.45) is 2.29.